The van der Waals surface area contributed by atoms with Gasteiger partial charge < -0.3 is 0 Å². The van der Waals surface area contributed by atoms with Crippen LogP contribution in [0.3, 0.4) is 0 Å². The molecule has 2 rings (SSSR count). The monoisotopic (exact) mass is 266 g/mol. The maximum absolute atomic E-state index is 12.1. The van der Waals surface area contributed by atoms with E-state index in [1.165, 1.54) is 17.6 Å². The molecule has 0 radical (unpaired) electrons. The molecule has 0 aromatic rings. The highest BCUT2D eigenvalue weighted by Gasteiger charge is 2.17. The van der Waals surface area contributed by atoms with Crippen LogP contribution in [-0.2, 0) is 11.0 Å². The molecule has 0 amide bonds. The summed E-state index contributed by atoms with van der Waals surface area (Å²) in [5.74, 6) is 0.820. The van der Waals surface area contributed by atoms with Gasteiger partial charge in [0, 0.05) is 25.1 Å². The summed E-state index contributed by atoms with van der Waals surface area (Å²) in [6.07, 6.45) is 10.8. The Balaban J connectivity index is 2.05. The summed E-state index contributed by atoms with van der Waals surface area (Å²) in [5.41, 5.74) is 2.53. The number of aliphatic imine (C=N–C) groups is 1. The fourth-order valence-electron chi connectivity index (χ4n) is 2.28. The van der Waals surface area contributed by atoms with Crippen LogP contribution >= 0.6 is 0 Å². The van der Waals surface area contributed by atoms with Crippen LogP contribution in [0.1, 0.15) is 32.6 Å². The van der Waals surface area contributed by atoms with Crippen LogP contribution in [0.5, 0.6) is 0 Å². The van der Waals surface area contributed by atoms with Gasteiger partial charge in [-0.1, -0.05) is 31.1 Å². The van der Waals surface area contributed by atoms with Gasteiger partial charge in [-0.2, -0.15) is 0 Å². The predicted octanol–water partition coefficient (Wildman–Crippen LogP) is 2.48. The van der Waals surface area contributed by atoms with Gasteiger partial charge in [0.15, 0.2) is 0 Å². The smallest absolute Gasteiger partial charge is 0.0945 e. The van der Waals surface area contributed by atoms with E-state index in [1.54, 1.807) is 0 Å². The summed E-state index contributed by atoms with van der Waals surface area (Å²) in [6.45, 7) is 4.65. The topological polar surface area (TPSA) is 32.7 Å². The largest absolute Gasteiger partial charge is 0.289 e. The molecule has 0 aromatic heterocycles. The summed E-state index contributed by atoms with van der Waals surface area (Å²) in [5, 5.41) is 0. The zero-order valence-corrected chi connectivity index (χ0v) is 11.9. The van der Waals surface area contributed by atoms with E-state index in [-0.39, 0.29) is 0 Å². The molecule has 0 aromatic carbocycles. The van der Waals surface area contributed by atoms with Gasteiger partial charge in [0.05, 0.1) is 17.5 Å². The van der Waals surface area contributed by atoms with Gasteiger partial charge in [0.1, 0.15) is 0 Å². The molecule has 0 saturated carbocycles. The molecule has 100 valence electrons. The average molecular weight is 266 g/mol. The van der Waals surface area contributed by atoms with E-state index < -0.39 is 11.0 Å². The van der Waals surface area contributed by atoms with E-state index >= 15 is 0 Å². The predicted molar refractivity (Wildman–Crippen MR) is 78.2 cm³/mol. The van der Waals surface area contributed by atoms with Crippen molar-refractivity contribution in [1.82, 2.24) is 4.31 Å². The van der Waals surface area contributed by atoms with Crippen molar-refractivity contribution < 1.29 is 4.21 Å². The highest BCUT2D eigenvalue weighted by Crippen LogP contribution is 2.15. The molecule has 1 unspecified atom stereocenters. The minimum absolute atomic E-state index is 0.770. The SMILES string of the molecule is CCC1=CCN=CC(CN2CCCCCS2=O)=C1. The molecule has 2 aliphatic rings. The third-order valence-corrected chi connectivity index (χ3v) is 4.89. The van der Waals surface area contributed by atoms with Crippen LogP contribution in [0.25, 0.3) is 0 Å². The lowest BCUT2D eigenvalue weighted by molar-refractivity contribution is 0.476. The first kappa shape index (κ1) is 13.7. The van der Waals surface area contributed by atoms with Crippen molar-refractivity contribution in [3.05, 3.63) is 23.3 Å². The molecule has 0 bridgehead atoms. The van der Waals surface area contributed by atoms with Crippen LogP contribution in [-0.4, -0.2) is 40.1 Å². The summed E-state index contributed by atoms with van der Waals surface area (Å²) in [7, 11) is -0.805. The van der Waals surface area contributed by atoms with Crippen molar-refractivity contribution in [3.63, 3.8) is 0 Å². The van der Waals surface area contributed by atoms with Gasteiger partial charge in [-0.15, -0.1) is 0 Å². The van der Waals surface area contributed by atoms with E-state index in [2.05, 4.69) is 28.4 Å². The first-order valence-corrected chi connectivity index (χ1v) is 8.10. The average Bonchev–Trinajstić information content (AvgIpc) is 2.71. The molecule has 3 nitrogen and oxygen atoms in total. The Labute approximate surface area is 112 Å². The quantitative estimate of drug-likeness (QED) is 0.772. The van der Waals surface area contributed by atoms with Crippen LogP contribution in [0.15, 0.2) is 28.3 Å². The fraction of sp³-hybridized carbons (Fsp3) is 0.643. The van der Waals surface area contributed by atoms with E-state index in [0.717, 1.165) is 44.6 Å². The summed E-state index contributed by atoms with van der Waals surface area (Å²) in [4.78, 5) is 4.37. The van der Waals surface area contributed by atoms with E-state index in [1.807, 2.05) is 6.21 Å². The lowest BCUT2D eigenvalue weighted by Crippen LogP contribution is -2.29. The number of nitrogens with zero attached hydrogens (tertiary/aromatic N) is 2. The number of hydrogen-bond acceptors (Lipinski definition) is 2. The lowest BCUT2D eigenvalue weighted by atomic mass is 10.1. The summed E-state index contributed by atoms with van der Waals surface area (Å²) in [6, 6.07) is 0. The molecule has 2 aliphatic heterocycles. The molecule has 1 saturated heterocycles. The van der Waals surface area contributed by atoms with E-state index in [4.69, 9.17) is 0 Å². The summed E-state index contributed by atoms with van der Waals surface area (Å²) >= 11 is 0. The molecule has 1 fully saturated rings. The maximum Gasteiger partial charge on any atom is 0.0945 e. The Bertz CT molecular complexity index is 399. The highest BCUT2D eigenvalue weighted by molar-refractivity contribution is 7.82. The second-order valence-corrected chi connectivity index (χ2v) is 6.36. The summed E-state index contributed by atoms with van der Waals surface area (Å²) < 4.78 is 14.2. The maximum atomic E-state index is 12.1. The van der Waals surface area contributed by atoms with Gasteiger partial charge in [-0.05, 0) is 24.8 Å². The minimum atomic E-state index is -0.805. The second-order valence-electron chi connectivity index (χ2n) is 4.80. The Morgan fingerprint density at radius 3 is 3.06 bits per heavy atom. The van der Waals surface area contributed by atoms with Gasteiger partial charge in [-0.25, -0.2) is 8.51 Å². The van der Waals surface area contributed by atoms with Gasteiger partial charge in [0.25, 0.3) is 0 Å². The first-order valence-electron chi connectivity index (χ1n) is 6.82. The number of allylic oxidation sites excluding steroid dienone is 2. The molecular weight excluding hydrogens is 244 g/mol. The zero-order chi connectivity index (χ0) is 12.8. The molecule has 0 aliphatic carbocycles. The van der Waals surface area contributed by atoms with Crippen molar-refractivity contribution in [2.75, 3.05) is 25.4 Å². The van der Waals surface area contributed by atoms with E-state index in [9.17, 15) is 4.21 Å². The normalized spacial score (nSPS) is 26.2. The molecule has 2 heterocycles. The Hall–Kier alpha value is -0.740. The number of rotatable bonds is 3. The minimum Gasteiger partial charge on any atom is -0.289 e. The van der Waals surface area contributed by atoms with Gasteiger partial charge in [-0.3, -0.25) is 4.99 Å². The van der Waals surface area contributed by atoms with Crippen molar-refractivity contribution in [3.8, 4) is 0 Å². The Morgan fingerprint density at radius 2 is 2.22 bits per heavy atom. The third-order valence-electron chi connectivity index (χ3n) is 3.37. The molecule has 1 atom stereocenters. The van der Waals surface area contributed by atoms with Crippen LogP contribution in [0.2, 0.25) is 0 Å². The van der Waals surface area contributed by atoms with Crippen molar-refractivity contribution in [2.45, 2.75) is 32.6 Å². The highest BCUT2D eigenvalue weighted by atomic mass is 32.2. The Kier molecular flexibility index (Phi) is 5.32. The van der Waals surface area contributed by atoms with Crippen molar-refractivity contribution >= 4 is 17.2 Å². The molecular formula is C14H22N2OS. The third kappa shape index (κ3) is 3.89. The lowest BCUT2D eigenvalue weighted by Gasteiger charge is -2.18. The fourth-order valence-corrected chi connectivity index (χ4v) is 3.62. The zero-order valence-electron chi connectivity index (χ0n) is 11.1. The molecule has 0 spiro atoms. The van der Waals surface area contributed by atoms with Gasteiger partial charge >= 0.3 is 0 Å². The first-order chi connectivity index (χ1) is 8.79. The van der Waals surface area contributed by atoms with Gasteiger partial charge in [0.2, 0.25) is 0 Å². The molecule has 18 heavy (non-hydrogen) atoms. The number of hydrogen-bond donors (Lipinski definition) is 0. The van der Waals surface area contributed by atoms with Crippen molar-refractivity contribution in [2.24, 2.45) is 4.99 Å². The van der Waals surface area contributed by atoms with Crippen LogP contribution in [0.4, 0.5) is 0 Å². The second kappa shape index (κ2) is 7.00. The van der Waals surface area contributed by atoms with Crippen molar-refractivity contribution in [1.29, 1.82) is 0 Å². The standard InChI is InChI=1S/C14H22N2OS/c1-2-13-6-7-15-11-14(10-13)12-16-8-4-3-5-9-18(16)17/h6,10-11H,2-5,7-9,12H2,1H3. The molecule has 0 N–H and O–H groups in total. The van der Waals surface area contributed by atoms with Crippen LogP contribution < -0.4 is 0 Å². The van der Waals surface area contributed by atoms with E-state index in [0.29, 0.717) is 0 Å². The Morgan fingerprint density at radius 1 is 1.33 bits per heavy atom. The van der Waals surface area contributed by atoms with Crippen LogP contribution in [0, 0.1) is 0 Å². The molecule has 4 heteroatoms.